The summed E-state index contributed by atoms with van der Waals surface area (Å²) in [6.07, 6.45) is -4.60. The number of aromatic nitrogens is 4. The summed E-state index contributed by atoms with van der Waals surface area (Å²) in [6.45, 7) is 3.57. The van der Waals surface area contributed by atoms with E-state index in [0.717, 1.165) is 16.9 Å². The van der Waals surface area contributed by atoms with Gasteiger partial charge in [0.1, 0.15) is 5.82 Å². The lowest BCUT2D eigenvalue weighted by molar-refractivity contribution is -0.157. The molecule has 1 aliphatic heterocycles. The number of nitrogens with zero attached hydrogens (tertiary/aromatic N) is 5. The zero-order chi connectivity index (χ0) is 16.9. The lowest BCUT2D eigenvalue weighted by Gasteiger charge is -2.39. The standard InChI is InChI=1S/C15H14F3N5O/c1-9-19-11-4-2-3-5-12(11)23(9)10-6-22(7-10)8-13-20-21-14(24-13)15(16,17)18/h2-5,10H,6-8H2,1H3. The number of hydrogen-bond donors (Lipinski definition) is 0. The molecule has 0 unspecified atom stereocenters. The fourth-order valence-electron chi connectivity index (χ4n) is 3.08. The van der Waals surface area contributed by atoms with E-state index in [-0.39, 0.29) is 18.5 Å². The Hall–Kier alpha value is -2.42. The zero-order valence-electron chi connectivity index (χ0n) is 12.8. The first-order chi connectivity index (χ1) is 11.4. The second kappa shape index (κ2) is 5.30. The average molecular weight is 337 g/mol. The van der Waals surface area contributed by atoms with Gasteiger partial charge >= 0.3 is 12.1 Å². The van der Waals surface area contributed by atoms with Crippen LogP contribution in [0.15, 0.2) is 28.7 Å². The number of halogens is 3. The predicted molar refractivity (Wildman–Crippen MR) is 78.1 cm³/mol. The summed E-state index contributed by atoms with van der Waals surface area (Å²) in [5.41, 5.74) is 2.01. The highest BCUT2D eigenvalue weighted by molar-refractivity contribution is 5.76. The van der Waals surface area contributed by atoms with Crippen molar-refractivity contribution in [2.45, 2.75) is 25.7 Å². The van der Waals surface area contributed by atoms with Crippen LogP contribution >= 0.6 is 0 Å². The molecule has 4 rings (SSSR count). The molecule has 126 valence electrons. The van der Waals surface area contributed by atoms with E-state index < -0.39 is 12.1 Å². The van der Waals surface area contributed by atoms with Crippen LogP contribution in [0.25, 0.3) is 11.0 Å². The van der Waals surface area contributed by atoms with Crippen LogP contribution in [0.2, 0.25) is 0 Å². The number of para-hydroxylation sites is 2. The summed E-state index contributed by atoms with van der Waals surface area (Å²) in [4.78, 5) is 6.50. The molecule has 0 radical (unpaired) electrons. The van der Waals surface area contributed by atoms with Crippen molar-refractivity contribution < 1.29 is 17.6 Å². The van der Waals surface area contributed by atoms with Gasteiger partial charge in [-0.1, -0.05) is 12.1 Å². The molecule has 0 spiro atoms. The summed E-state index contributed by atoms with van der Waals surface area (Å²) in [5, 5.41) is 6.50. The first kappa shape index (κ1) is 15.1. The second-order valence-electron chi connectivity index (χ2n) is 5.86. The Morgan fingerprint density at radius 2 is 1.96 bits per heavy atom. The maximum absolute atomic E-state index is 12.5. The maximum atomic E-state index is 12.5. The van der Waals surface area contributed by atoms with Crippen LogP contribution in [0.5, 0.6) is 0 Å². The summed E-state index contributed by atoms with van der Waals surface area (Å²) in [5.74, 6) is -0.392. The van der Waals surface area contributed by atoms with Crippen molar-refractivity contribution in [1.29, 1.82) is 0 Å². The monoisotopic (exact) mass is 337 g/mol. The molecular formula is C15H14F3N5O. The second-order valence-corrected chi connectivity index (χ2v) is 5.86. The molecule has 1 aromatic carbocycles. The zero-order valence-corrected chi connectivity index (χ0v) is 12.8. The van der Waals surface area contributed by atoms with Gasteiger partial charge in [0.15, 0.2) is 0 Å². The van der Waals surface area contributed by atoms with Gasteiger partial charge in [0.2, 0.25) is 5.89 Å². The molecule has 1 saturated heterocycles. The Morgan fingerprint density at radius 1 is 1.21 bits per heavy atom. The van der Waals surface area contributed by atoms with E-state index in [0.29, 0.717) is 13.1 Å². The number of hydrogen-bond acceptors (Lipinski definition) is 5. The molecule has 1 aliphatic rings. The van der Waals surface area contributed by atoms with Gasteiger partial charge < -0.3 is 8.98 Å². The Kier molecular flexibility index (Phi) is 3.34. The van der Waals surface area contributed by atoms with Gasteiger partial charge in [-0.15, -0.1) is 10.2 Å². The molecule has 3 heterocycles. The molecule has 0 bridgehead atoms. The molecule has 0 N–H and O–H groups in total. The SMILES string of the molecule is Cc1nc2ccccc2n1C1CN(Cc2nnc(C(F)(F)F)o2)C1. The minimum Gasteiger partial charge on any atom is -0.416 e. The van der Waals surface area contributed by atoms with Gasteiger partial charge in [-0.2, -0.15) is 13.2 Å². The molecule has 0 amide bonds. The smallest absolute Gasteiger partial charge is 0.416 e. The van der Waals surface area contributed by atoms with Crippen LogP contribution in [-0.2, 0) is 12.7 Å². The van der Waals surface area contributed by atoms with E-state index >= 15 is 0 Å². The van der Waals surface area contributed by atoms with Gasteiger partial charge in [-0.05, 0) is 19.1 Å². The molecule has 9 heteroatoms. The van der Waals surface area contributed by atoms with Crippen LogP contribution in [0.4, 0.5) is 13.2 Å². The van der Waals surface area contributed by atoms with Crippen molar-refractivity contribution in [1.82, 2.24) is 24.6 Å². The predicted octanol–water partition coefficient (Wildman–Crippen LogP) is 2.80. The van der Waals surface area contributed by atoms with Crippen molar-refractivity contribution >= 4 is 11.0 Å². The highest BCUT2D eigenvalue weighted by Crippen LogP contribution is 2.30. The summed E-state index contributed by atoms with van der Waals surface area (Å²) in [6, 6.07) is 8.13. The lowest BCUT2D eigenvalue weighted by Crippen LogP contribution is -2.47. The summed E-state index contributed by atoms with van der Waals surface area (Å²) >= 11 is 0. The number of imidazole rings is 1. The molecule has 6 nitrogen and oxygen atoms in total. The van der Waals surface area contributed by atoms with Gasteiger partial charge in [-0.25, -0.2) is 4.98 Å². The first-order valence-electron chi connectivity index (χ1n) is 7.47. The van der Waals surface area contributed by atoms with Crippen LogP contribution < -0.4 is 0 Å². The molecule has 1 fully saturated rings. The molecule has 24 heavy (non-hydrogen) atoms. The van der Waals surface area contributed by atoms with E-state index in [9.17, 15) is 13.2 Å². The fourth-order valence-corrected chi connectivity index (χ4v) is 3.08. The normalized spacial score (nSPS) is 16.7. The van der Waals surface area contributed by atoms with Gasteiger partial charge in [0.05, 0.1) is 23.6 Å². The Bertz CT molecular complexity index is 879. The van der Waals surface area contributed by atoms with Gasteiger partial charge in [-0.3, -0.25) is 4.90 Å². The third-order valence-electron chi connectivity index (χ3n) is 4.14. The molecule has 0 aliphatic carbocycles. The van der Waals surface area contributed by atoms with Crippen molar-refractivity contribution in [3.63, 3.8) is 0 Å². The third kappa shape index (κ3) is 2.54. The summed E-state index contributed by atoms with van der Waals surface area (Å²) < 4.78 is 44.2. The van der Waals surface area contributed by atoms with Crippen LogP contribution in [-0.4, -0.2) is 37.7 Å². The quantitative estimate of drug-likeness (QED) is 0.735. The largest absolute Gasteiger partial charge is 0.470 e. The summed E-state index contributed by atoms with van der Waals surface area (Å²) in [7, 11) is 0. The number of likely N-dealkylation sites (tertiary alicyclic amines) is 1. The minimum atomic E-state index is -4.60. The van der Waals surface area contributed by atoms with Crippen LogP contribution in [0, 0.1) is 6.92 Å². The first-order valence-corrected chi connectivity index (χ1v) is 7.47. The minimum absolute atomic E-state index is 0.0204. The van der Waals surface area contributed by atoms with E-state index in [1.807, 2.05) is 36.1 Å². The number of aryl methyl sites for hydroxylation is 1. The topological polar surface area (TPSA) is 60.0 Å². The third-order valence-corrected chi connectivity index (χ3v) is 4.14. The number of benzene rings is 1. The highest BCUT2D eigenvalue weighted by Gasteiger charge is 2.39. The Balaban J connectivity index is 1.45. The van der Waals surface area contributed by atoms with E-state index in [1.54, 1.807) is 0 Å². The van der Waals surface area contributed by atoms with E-state index in [2.05, 4.69) is 24.2 Å². The fraction of sp³-hybridized carbons (Fsp3) is 0.400. The lowest BCUT2D eigenvalue weighted by atomic mass is 10.1. The molecule has 0 saturated carbocycles. The van der Waals surface area contributed by atoms with Crippen molar-refractivity contribution in [3.05, 3.63) is 41.9 Å². The van der Waals surface area contributed by atoms with E-state index in [1.165, 1.54) is 0 Å². The molecule has 0 atom stereocenters. The van der Waals surface area contributed by atoms with Gasteiger partial charge in [0.25, 0.3) is 0 Å². The van der Waals surface area contributed by atoms with Gasteiger partial charge in [0, 0.05) is 13.1 Å². The van der Waals surface area contributed by atoms with Crippen LogP contribution in [0.3, 0.4) is 0 Å². The van der Waals surface area contributed by atoms with Crippen molar-refractivity contribution in [3.8, 4) is 0 Å². The van der Waals surface area contributed by atoms with E-state index in [4.69, 9.17) is 0 Å². The van der Waals surface area contributed by atoms with Crippen molar-refractivity contribution in [2.75, 3.05) is 13.1 Å². The molecule has 3 aromatic rings. The molecular weight excluding hydrogens is 323 g/mol. The Labute approximate surface area is 134 Å². The average Bonchev–Trinajstić information content (AvgIpc) is 3.06. The number of fused-ring (bicyclic) bond motifs is 1. The highest BCUT2D eigenvalue weighted by atomic mass is 19.4. The maximum Gasteiger partial charge on any atom is 0.470 e. The molecule has 2 aromatic heterocycles. The Morgan fingerprint density at radius 3 is 2.67 bits per heavy atom. The van der Waals surface area contributed by atoms with Crippen LogP contribution in [0.1, 0.15) is 23.6 Å². The number of alkyl halides is 3. The number of rotatable bonds is 3. The van der Waals surface area contributed by atoms with Crippen molar-refractivity contribution in [2.24, 2.45) is 0 Å².